The second-order valence-electron chi connectivity index (χ2n) is 6.99. The zero-order valence-electron chi connectivity index (χ0n) is 17.9. The van der Waals surface area contributed by atoms with Crippen LogP contribution < -0.4 is 5.73 Å². The predicted octanol–water partition coefficient (Wildman–Crippen LogP) is 3.73. The number of carboxylic acids is 1. The van der Waals surface area contributed by atoms with Gasteiger partial charge in [0.05, 0.1) is 21.8 Å². The van der Waals surface area contributed by atoms with Gasteiger partial charge in [0.25, 0.3) is 20.2 Å². The van der Waals surface area contributed by atoms with Gasteiger partial charge in [-0.25, -0.2) is 4.79 Å². The van der Waals surface area contributed by atoms with Crippen LogP contribution in [0.15, 0.2) is 90.9 Å². The molecule has 36 heavy (non-hydrogen) atoms. The van der Waals surface area contributed by atoms with Crippen molar-refractivity contribution in [3.05, 3.63) is 71.8 Å². The number of anilines is 1. The van der Waals surface area contributed by atoms with E-state index < -0.39 is 59.2 Å². The van der Waals surface area contributed by atoms with Crippen molar-refractivity contribution in [3.63, 3.8) is 0 Å². The lowest BCUT2D eigenvalue weighted by atomic mass is 10.2. The minimum atomic E-state index is -4.70. The summed E-state index contributed by atoms with van der Waals surface area (Å²) in [5.74, 6) is -2.31. The molecule has 0 heterocycles. The van der Waals surface area contributed by atoms with Gasteiger partial charge in [-0.05, 0) is 30.3 Å². The lowest BCUT2D eigenvalue weighted by Gasteiger charge is -2.08. The van der Waals surface area contributed by atoms with Crippen LogP contribution in [-0.2, 0) is 20.2 Å². The van der Waals surface area contributed by atoms with E-state index in [1.54, 1.807) is 30.3 Å². The molecule has 16 heteroatoms. The molecule has 0 saturated carbocycles. The van der Waals surface area contributed by atoms with Crippen molar-refractivity contribution in [2.45, 2.75) is 16.0 Å². The molecule has 188 valence electrons. The Bertz CT molecular complexity index is 1590. The van der Waals surface area contributed by atoms with E-state index in [0.717, 1.165) is 24.3 Å². The van der Waals surface area contributed by atoms with Crippen LogP contribution in [0.4, 0.5) is 17.1 Å². The highest BCUT2D eigenvalue weighted by atomic mass is 32.2. The van der Waals surface area contributed by atoms with Gasteiger partial charge in [0.2, 0.25) is 6.17 Å². The number of hydrogen-bond donors (Lipinski definition) is 5. The van der Waals surface area contributed by atoms with E-state index in [1.807, 2.05) is 0 Å². The molecule has 0 bridgehead atoms. The van der Waals surface area contributed by atoms with Crippen LogP contribution in [0, 0.1) is 0 Å². The number of carbonyl (C=O) groups is 1. The molecule has 14 nitrogen and oxygen atoms in total. The monoisotopic (exact) mass is 535 g/mol. The Morgan fingerprint density at radius 2 is 1.42 bits per heavy atom. The predicted molar refractivity (Wildman–Crippen MR) is 124 cm³/mol. The molecular formula is C20H17N5O9S2. The zero-order valence-corrected chi connectivity index (χ0v) is 19.5. The summed E-state index contributed by atoms with van der Waals surface area (Å²) in [4.78, 5) is 10.2. The molecule has 0 saturated heterocycles. The maximum Gasteiger partial charge on any atom is 0.338 e. The number of hydrogen-bond acceptors (Lipinski definition) is 11. The third-order valence-corrected chi connectivity index (χ3v) is 6.34. The van der Waals surface area contributed by atoms with Crippen LogP contribution in [0.2, 0.25) is 0 Å². The Labute approximate surface area is 204 Å². The number of benzene rings is 3. The molecule has 3 aromatic rings. The third kappa shape index (κ3) is 6.05. The Morgan fingerprint density at radius 1 is 0.833 bits per heavy atom. The number of nitrogens with two attached hydrogens (primary N) is 1. The number of aromatic carboxylic acids is 1. The smallest absolute Gasteiger partial charge is 0.338 e. The van der Waals surface area contributed by atoms with E-state index in [-0.39, 0.29) is 11.4 Å². The minimum Gasteiger partial charge on any atom is -0.504 e. The fourth-order valence-electron chi connectivity index (χ4n) is 2.83. The van der Waals surface area contributed by atoms with E-state index in [2.05, 4.69) is 20.5 Å². The molecule has 1 atom stereocenters. The summed E-state index contributed by atoms with van der Waals surface area (Å²) >= 11 is 0. The number of azo groups is 2. The second kappa shape index (κ2) is 10.2. The molecule has 0 amide bonds. The lowest BCUT2D eigenvalue weighted by molar-refractivity contribution is 0.0697. The first-order chi connectivity index (χ1) is 16.8. The van der Waals surface area contributed by atoms with Crippen LogP contribution >= 0.6 is 0 Å². The molecule has 0 radical (unpaired) electrons. The summed E-state index contributed by atoms with van der Waals surface area (Å²) in [6, 6.07) is 12.8. The second-order valence-corrected chi connectivity index (χ2v) is 9.81. The Hall–Kier alpha value is -4.25. The fourth-order valence-corrected chi connectivity index (χ4v) is 3.95. The number of nitrogens with zero attached hydrogens (tertiary/aromatic N) is 4. The largest absolute Gasteiger partial charge is 0.504 e. The average Bonchev–Trinajstić information content (AvgIpc) is 2.80. The van der Waals surface area contributed by atoms with Crippen molar-refractivity contribution in [2.24, 2.45) is 20.5 Å². The SMILES string of the molecule is Nc1c(S(=O)(=O)O)ccc(N=NC(N=Nc2ccc(S(=O)(=O)O)cc2C(=O)O)c2ccccc2)c1O. The zero-order chi connectivity index (χ0) is 26.7. The molecule has 0 aliphatic rings. The van der Waals surface area contributed by atoms with E-state index >= 15 is 0 Å². The summed E-state index contributed by atoms with van der Waals surface area (Å²) in [7, 11) is -9.37. The first-order valence-electron chi connectivity index (χ1n) is 9.59. The first kappa shape index (κ1) is 26.4. The summed E-state index contributed by atoms with van der Waals surface area (Å²) < 4.78 is 63.6. The van der Waals surface area contributed by atoms with Crippen LogP contribution in [0.1, 0.15) is 22.1 Å². The highest BCUT2D eigenvalue weighted by Gasteiger charge is 2.20. The normalized spacial score (nSPS) is 13.3. The van der Waals surface area contributed by atoms with E-state index in [9.17, 15) is 31.8 Å². The topological polar surface area (TPSA) is 242 Å². The molecule has 0 aliphatic carbocycles. The molecule has 3 rings (SSSR count). The summed E-state index contributed by atoms with van der Waals surface area (Å²) in [5, 5.41) is 35.2. The highest BCUT2D eigenvalue weighted by molar-refractivity contribution is 7.86. The van der Waals surface area contributed by atoms with Crippen molar-refractivity contribution < 1.29 is 40.9 Å². The van der Waals surface area contributed by atoms with E-state index in [0.29, 0.717) is 11.6 Å². The van der Waals surface area contributed by atoms with Gasteiger partial charge in [-0.2, -0.15) is 32.2 Å². The van der Waals surface area contributed by atoms with Crippen LogP contribution in [0.5, 0.6) is 5.75 Å². The molecule has 0 aromatic heterocycles. The number of nitrogen functional groups attached to an aromatic ring is 1. The molecule has 0 aliphatic heterocycles. The number of rotatable bonds is 8. The van der Waals surface area contributed by atoms with Crippen molar-refractivity contribution >= 4 is 43.3 Å². The van der Waals surface area contributed by atoms with Gasteiger partial charge in [-0.3, -0.25) is 9.11 Å². The fraction of sp³-hybridized carbons (Fsp3) is 0.0500. The summed E-state index contributed by atoms with van der Waals surface area (Å²) in [6.07, 6.45) is -1.20. The molecular weight excluding hydrogens is 518 g/mol. The lowest BCUT2D eigenvalue weighted by Crippen LogP contribution is -2.03. The maximum atomic E-state index is 11.6. The number of phenolic OH excluding ortho intramolecular Hbond substituents is 1. The molecule has 3 aromatic carbocycles. The van der Waals surface area contributed by atoms with Crippen molar-refractivity contribution in [1.82, 2.24) is 0 Å². The van der Waals surface area contributed by atoms with Gasteiger partial charge < -0.3 is 15.9 Å². The Morgan fingerprint density at radius 3 is 1.97 bits per heavy atom. The van der Waals surface area contributed by atoms with E-state index in [1.165, 1.54) is 0 Å². The van der Waals surface area contributed by atoms with Crippen molar-refractivity contribution in [1.29, 1.82) is 0 Å². The van der Waals surface area contributed by atoms with Gasteiger partial charge in [-0.1, -0.05) is 30.3 Å². The quantitative estimate of drug-likeness (QED) is 0.121. The molecule has 1 unspecified atom stereocenters. The molecule has 6 N–H and O–H groups in total. The van der Waals surface area contributed by atoms with Gasteiger partial charge in [0, 0.05) is 5.56 Å². The van der Waals surface area contributed by atoms with Gasteiger partial charge >= 0.3 is 5.97 Å². The standard InChI is InChI=1S/C20H17N5O9S2/c21-17-16(36(32,33)34)9-8-15(18(17)26)23-25-19(11-4-2-1-3-5-11)24-22-14-7-6-12(35(29,30)31)10-13(14)20(27)28/h1-10,19,26H,21H2,(H,27,28)(H,29,30,31)(H,32,33,34). The van der Waals surface area contributed by atoms with Crippen molar-refractivity contribution in [2.75, 3.05) is 5.73 Å². The van der Waals surface area contributed by atoms with Crippen molar-refractivity contribution in [3.8, 4) is 5.75 Å². The van der Waals surface area contributed by atoms with Gasteiger partial charge in [0.1, 0.15) is 10.6 Å². The number of carboxylic acid groups (broad SMARTS) is 1. The van der Waals surface area contributed by atoms with Crippen LogP contribution in [0.25, 0.3) is 0 Å². The first-order valence-corrected chi connectivity index (χ1v) is 12.5. The Kier molecular flexibility index (Phi) is 7.44. The van der Waals surface area contributed by atoms with Crippen LogP contribution in [0.3, 0.4) is 0 Å². The summed E-state index contributed by atoms with van der Waals surface area (Å²) in [5.41, 5.74) is 4.25. The third-order valence-electron chi connectivity index (χ3n) is 4.58. The van der Waals surface area contributed by atoms with Crippen LogP contribution in [-0.4, -0.2) is 42.1 Å². The maximum absolute atomic E-state index is 11.6. The number of phenols is 1. The molecule has 0 spiro atoms. The molecule has 0 fully saturated rings. The van der Waals surface area contributed by atoms with E-state index in [4.69, 9.17) is 14.8 Å². The summed E-state index contributed by atoms with van der Waals surface area (Å²) in [6.45, 7) is 0. The Balaban J connectivity index is 2.04. The highest BCUT2D eigenvalue weighted by Crippen LogP contribution is 2.38. The number of aromatic hydroxyl groups is 1. The van der Waals surface area contributed by atoms with Gasteiger partial charge in [-0.15, -0.1) is 5.11 Å². The minimum absolute atomic E-state index is 0.254. The van der Waals surface area contributed by atoms with Gasteiger partial charge in [0.15, 0.2) is 5.75 Å². The average molecular weight is 536 g/mol.